The Morgan fingerprint density at radius 1 is 1.12 bits per heavy atom. The molecule has 3 amide bonds. The van der Waals surface area contributed by atoms with Crippen molar-refractivity contribution in [2.24, 2.45) is 11.7 Å². The fourth-order valence-electron chi connectivity index (χ4n) is 2.98. The molecular formula is C18H20N4O2. The van der Waals surface area contributed by atoms with Crippen molar-refractivity contribution in [2.75, 3.05) is 5.32 Å². The minimum atomic E-state index is -0.286. The van der Waals surface area contributed by atoms with Crippen molar-refractivity contribution in [2.45, 2.75) is 25.3 Å². The lowest BCUT2D eigenvalue weighted by molar-refractivity contribution is -0.119. The summed E-state index contributed by atoms with van der Waals surface area (Å²) < 4.78 is 0. The Hall–Kier alpha value is -2.89. The number of carbonyl (C=O) groups is 2. The molecule has 1 aromatic carbocycles. The van der Waals surface area contributed by atoms with Gasteiger partial charge in [-0.15, -0.1) is 0 Å². The first-order valence-electron chi connectivity index (χ1n) is 7.98. The van der Waals surface area contributed by atoms with Gasteiger partial charge < -0.3 is 16.4 Å². The maximum absolute atomic E-state index is 12.2. The van der Waals surface area contributed by atoms with Crippen LogP contribution in [-0.4, -0.2) is 23.0 Å². The van der Waals surface area contributed by atoms with Crippen LogP contribution >= 0.6 is 0 Å². The van der Waals surface area contributed by atoms with Gasteiger partial charge in [0.25, 0.3) is 0 Å². The molecule has 1 aromatic heterocycles. The molecule has 1 heterocycles. The van der Waals surface area contributed by atoms with Crippen LogP contribution < -0.4 is 16.4 Å². The van der Waals surface area contributed by atoms with Crippen LogP contribution in [0.15, 0.2) is 48.7 Å². The fraction of sp³-hybridized carbons (Fsp3) is 0.278. The van der Waals surface area contributed by atoms with E-state index in [0.717, 1.165) is 24.1 Å². The number of nitrogens with zero attached hydrogens (tertiary/aromatic N) is 1. The van der Waals surface area contributed by atoms with Crippen LogP contribution in [0.3, 0.4) is 0 Å². The van der Waals surface area contributed by atoms with Crippen molar-refractivity contribution < 1.29 is 9.59 Å². The fourth-order valence-corrected chi connectivity index (χ4v) is 2.98. The Morgan fingerprint density at radius 3 is 2.58 bits per heavy atom. The van der Waals surface area contributed by atoms with Gasteiger partial charge in [0, 0.05) is 24.2 Å². The van der Waals surface area contributed by atoms with Crippen LogP contribution in [0.4, 0.5) is 10.5 Å². The van der Waals surface area contributed by atoms with Crippen LogP contribution in [-0.2, 0) is 4.79 Å². The molecule has 1 aliphatic carbocycles. The number of amides is 3. The second kappa shape index (κ2) is 7.12. The molecule has 3 rings (SSSR count). The summed E-state index contributed by atoms with van der Waals surface area (Å²) in [5.74, 6) is -0.00293. The highest BCUT2D eigenvalue weighted by molar-refractivity contribution is 5.93. The molecule has 124 valence electrons. The first kappa shape index (κ1) is 16.0. The van der Waals surface area contributed by atoms with Crippen LogP contribution in [0, 0.1) is 5.92 Å². The number of pyridine rings is 1. The van der Waals surface area contributed by atoms with Crippen molar-refractivity contribution in [3.63, 3.8) is 0 Å². The summed E-state index contributed by atoms with van der Waals surface area (Å²) in [5, 5.41) is 5.78. The standard InChI is InChI=1S/C18H20N4O2/c19-16(23)11-12-9-14(10-12)21-18(24)22-15-7-4-8-20-17(15)13-5-2-1-3-6-13/h1-8,12,14H,9-11H2,(H2,19,23)(H2,21,22,24). The lowest BCUT2D eigenvalue weighted by atomic mass is 9.78. The van der Waals surface area contributed by atoms with E-state index in [2.05, 4.69) is 15.6 Å². The molecule has 2 aromatic rings. The van der Waals surface area contributed by atoms with Crippen LogP contribution in [0.5, 0.6) is 0 Å². The van der Waals surface area contributed by atoms with Gasteiger partial charge in [-0.25, -0.2) is 4.79 Å². The van der Waals surface area contributed by atoms with E-state index in [-0.39, 0.29) is 23.9 Å². The van der Waals surface area contributed by atoms with E-state index >= 15 is 0 Å². The maximum atomic E-state index is 12.2. The molecule has 6 heteroatoms. The first-order valence-corrected chi connectivity index (χ1v) is 7.98. The molecule has 0 aliphatic heterocycles. The van der Waals surface area contributed by atoms with E-state index < -0.39 is 0 Å². The van der Waals surface area contributed by atoms with Gasteiger partial charge >= 0.3 is 6.03 Å². The van der Waals surface area contributed by atoms with Gasteiger partial charge in [0.05, 0.1) is 11.4 Å². The monoisotopic (exact) mass is 324 g/mol. The van der Waals surface area contributed by atoms with E-state index in [9.17, 15) is 9.59 Å². The highest BCUT2D eigenvalue weighted by Crippen LogP contribution is 2.30. The summed E-state index contributed by atoms with van der Waals surface area (Å²) in [6, 6.07) is 13.1. The van der Waals surface area contributed by atoms with E-state index in [1.54, 1.807) is 12.3 Å². The van der Waals surface area contributed by atoms with Gasteiger partial charge in [-0.2, -0.15) is 0 Å². The molecule has 0 radical (unpaired) electrons. The van der Waals surface area contributed by atoms with Gasteiger partial charge in [-0.05, 0) is 30.9 Å². The molecular weight excluding hydrogens is 304 g/mol. The number of rotatable bonds is 5. The number of anilines is 1. The predicted molar refractivity (Wildman–Crippen MR) is 92.2 cm³/mol. The van der Waals surface area contributed by atoms with E-state index in [0.29, 0.717) is 12.1 Å². The minimum Gasteiger partial charge on any atom is -0.370 e. The number of aromatic nitrogens is 1. The molecule has 6 nitrogen and oxygen atoms in total. The zero-order valence-electron chi connectivity index (χ0n) is 13.2. The Bertz CT molecular complexity index is 727. The minimum absolute atomic E-state index is 0.0891. The lowest BCUT2D eigenvalue weighted by Gasteiger charge is -2.35. The Balaban J connectivity index is 1.59. The average molecular weight is 324 g/mol. The number of carbonyl (C=O) groups excluding carboxylic acids is 2. The SMILES string of the molecule is NC(=O)CC1CC(NC(=O)Nc2cccnc2-c2ccccc2)C1. The molecule has 24 heavy (non-hydrogen) atoms. The largest absolute Gasteiger partial charge is 0.370 e. The molecule has 0 bridgehead atoms. The highest BCUT2D eigenvalue weighted by atomic mass is 16.2. The Labute approximate surface area is 140 Å². The summed E-state index contributed by atoms with van der Waals surface area (Å²) in [5.41, 5.74) is 7.51. The third kappa shape index (κ3) is 3.90. The maximum Gasteiger partial charge on any atom is 0.319 e. The second-order valence-electron chi connectivity index (χ2n) is 6.07. The zero-order chi connectivity index (χ0) is 16.9. The predicted octanol–water partition coefficient (Wildman–Crippen LogP) is 2.52. The van der Waals surface area contributed by atoms with E-state index in [4.69, 9.17) is 5.73 Å². The summed E-state index contributed by atoms with van der Waals surface area (Å²) in [7, 11) is 0. The van der Waals surface area contributed by atoms with E-state index in [1.165, 1.54) is 0 Å². The van der Waals surface area contributed by atoms with Gasteiger partial charge in [0.2, 0.25) is 5.91 Å². The zero-order valence-corrected chi connectivity index (χ0v) is 13.2. The van der Waals surface area contributed by atoms with Crippen molar-refractivity contribution in [3.05, 3.63) is 48.7 Å². The van der Waals surface area contributed by atoms with Gasteiger partial charge in [-0.3, -0.25) is 9.78 Å². The van der Waals surface area contributed by atoms with Crippen molar-refractivity contribution in [3.8, 4) is 11.3 Å². The molecule has 0 atom stereocenters. The number of primary amides is 1. The number of urea groups is 1. The molecule has 1 aliphatic rings. The quantitative estimate of drug-likeness (QED) is 0.788. The summed E-state index contributed by atoms with van der Waals surface area (Å²) >= 11 is 0. The Morgan fingerprint density at radius 2 is 1.88 bits per heavy atom. The third-order valence-corrected chi connectivity index (χ3v) is 4.16. The highest BCUT2D eigenvalue weighted by Gasteiger charge is 2.31. The van der Waals surface area contributed by atoms with E-state index in [1.807, 2.05) is 36.4 Å². The van der Waals surface area contributed by atoms with Crippen LogP contribution in [0.2, 0.25) is 0 Å². The molecule has 0 saturated heterocycles. The number of nitrogens with two attached hydrogens (primary N) is 1. The molecule has 0 unspecified atom stereocenters. The molecule has 1 saturated carbocycles. The number of hydrogen-bond acceptors (Lipinski definition) is 3. The molecule has 4 N–H and O–H groups in total. The summed E-state index contributed by atoms with van der Waals surface area (Å²) in [6.45, 7) is 0. The number of benzene rings is 1. The number of hydrogen-bond donors (Lipinski definition) is 3. The average Bonchev–Trinajstić information content (AvgIpc) is 2.54. The molecule has 0 spiro atoms. The second-order valence-corrected chi connectivity index (χ2v) is 6.07. The van der Waals surface area contributed by atoms with Crippen molar-refractivity contribution in [1.82, 2.24) is 10.3 Å². The normalized spacial score (nSPS) is 19.2. The molecule has 1 fully saturated rings. The van der Waals surface area contributed by atoms with Gasteiger partial charge in [0.1, 0.15) is 0 Å². The van der Waals surface area contributed by atoms with Gasteiger partial charge in [-0.1, -0.05) is 30.3 Å². The van der Waals surface area contributed by atoms with Crippen molar-refractivity contribution >= 4 is 17.6 Å². The van der Waals surface area contributed by atoms with Crippen LogP contribution in [0.1, 0.15) is 19.3 Å². The number of nitrogens with one attached hydrogen (secondary N) is 2. The summed E-state index contributed by atoms with van der Waals surface area (Å²) in [4.78, 5) is 27.4. The topological polar surface area (TPSA) is 97.1 Å². The Kier molecular flexibility index (Phi) is 4.74. The third-order valence-electron chi connectivity index (χ3n) is 4.16. The first-order chi connectivity index (χ1) is 11.6. The van der Waals surface area contributed by atoms with Gasteiger partial charge in [0.15, 0.2) is 0 Å². The summed E-state index contributed by atoms with van der Waals surface area (Å²) in [6.07, 6.45) is 3.66. The van der Waals surface area contributed by atoms with Crippen LogP contribution in [0.25, 0.3) is 11.3 Å². The van der Waals surface area contributed by atoms with Crippen molar-refractivity contribution in [1.29, 1.82) is 0 Å². The smallest absolute Gasteiger partial charge is 0.319 e. The lowest BCUT2D eigenvalue weighted by Crippen LogP contribution is -2.46.